The summed E-state index contributed by atoms with van der Waals surface area (Å²) in [5.74, 6) is -3.47. The van der Waals surface area contributed by atoms with E-state index in [-0.39, 0.29) is 17.4 Å². The average Bonchev–Trinajstić information content (AvgIpc) is 3.12. The van der Waals surface area contributed by atoms with Gasteiger partial charge in [0.25, 0.3) is 11.7 Å². The molecule has 192 valence electrons. The summed E-state index contributed by atoms with van der Waals surface area (Å²) in [6.07, 6.45) is -0.0582. The van der Waals surface area contributed by atoms with Crippen molar-refractivity contribution in [2.45, 2.75) is 39.8 Å². The van der Waals surface area contributed by atoms with E-state index in [1.54, 1.807) is 49.4 Å². The lowest BCUT2D eigenvalue weighted by molar-refractivity contribution is -0.132. The van der Waals surface area contributed by atoms with Crippen LogP contribution in [0.5, 0.6) is 11.5 Å². The molecule has 3 aromatic rings. The van der Waals surface area contributed by atoms with Crippen LogP contribution in [0.25, 0.3) is 5.76 Å². The Morgan fingerprint density at radius 3 is 2.43 bits per heavy atom. The molecule has 6 nitrogen and oxygen atoms in total. The number of halogens is 2. The largest absolute Gasteiger partial charge is 0.507 e. The van der Waals surface area contributed by atoms with E-state index in [0.717, 1.165) is 22.6 Å². The molecule has 37 heavy (non-hydrogen) atoms. The van der Waals surface area contributed by atoms with Gasteiger partial charge in [0.2, 0.25) is 0 Å². The molecule has 1 amide bonds. The predicted molar refractivity (Wildman–Crippen MR) is 136 cm³/mol. The van der Waals surface area contributed by atoms with Crippen molar-refractivity contribution in [3.8, 4) is 11.5 Å². The molecule has 1 unspecified atom stereocenters. The van der Waals surface area contributed by atoms with Gasteiger partial charge in [-0.15, -0.1) is 0 Å². The van der Waals surface area contributed by atoms with Crippen LogP contribution in [-0.2, 0) is 9.59 Å². The van der Waals surface area contributed by atoms with Gasteiger partial charge in [0.1, 0.15) is 17.3 Å². The normalized spacial score (nSPS) is 16.9. The number of rotatable bonds is 7. The minimum absolute atomic E-state index is 0.0243. The number of nitrogens with zero attached hydrogens (tertiary/aromatic N) is 1. The highest BCUT2D eigenvalue weighted by Gasteiger charge is 2.47. The van der Waals surface area contributed by atoms with Crippen LogP contribution in [0.3, 0.4) is 0 Å². The van der Waals surface area contributed by atoms with Gasteiger partial charge in [-0.2, -0.15) is 0 Å². The first-order chi connectivity index (χ1) is 17.6. The van der Waals surface area contributed by atoms with Gasteiger partial charge in [0.15, 0.2) is 11.6 Å². The average molecular weight is 508 g/mol. The zero-order valence-corrected chi connectivity index (χ0v) is 20.9. The van der Waals surface area contributed by atoms with Gasteiger partial charge in [-0.3, -0.25) is 14.5 Å². The molecule has 1 aliphatic rings. The summed E-state index contributed by atoms with van der Waals surface area (Å²) in [6.45, 7) is 7.79. The lowest BCUT2D eigenvalue weighted by Crippen LogP contribution is -2.29. The second kappa shape index (κ2) is 10.4. The van der Waals surface area contributed by atoms with Gasteiger partial charge in [-0.05, 0) is 81.3 Å². The number of ether oxygens (including phenoxy) is 2. The molecule has 8 heteroatoms. The molecule has 0 saturated carbocycles. The summed E-state index contributed by atoms with van der Waals surface area (Å²) in [5.41, 5.74) is 1.28. The van der Waals surface area contributed by atoms with Crippen molar-refractivity contribution in [3.05, 3.63) is 94.6 Å². The molecule has 0 aliphatic carbocycles. The number of carbonyl (C=O) groups excluding carboxylic acids is 2. The van der Waals surface area contributed by atoms with Crippen molar-refractivity contribution < 1.29 is 33.0 Å². The van der Waals surface area contributed by atoms with Crippen molar-refractivity contribution >= 4 is 23.1 Å². The lowest BCUT2D eigenvalue weighted by atomic mass is 9.94. The fourth-order valence-electron chi connectivity index (χ4n) is 4.33. The maximum Gasteiger partial charge on any atom is 0.300 e. The van der Waals surface area contributed by atoms with E-state index in [0.29, 0.717) is 29.2 Å². The quantitative estimate of drug-likeness (QED) is 0.238. The van der Waals surface area contributed by atoms with Crippen molar-refractivity contribution in [1.29, 1.82) is 0 Å². The number of benzene rings is 3. The summed E-state index contributed by atoms with van der Waals surface area (Å²) >= 11 is 0. The Labute approximate surface area is 213 Å². The molecule has 4 rings (SSSR count). The first-order valence-corrected chi connectivity index (χ1v) is 11.9. The topological polar surface area (TPSA) is 76.1 Å². The highest BCUT2D eigenvalue weighted by Crippen LogP contribution is 2.43. The Kier molecular flexibility index (Phi) is 7.29. The Hall–Kier alpha value is -4.20. The summed E-state index contributed by atoms with van der Waals surface area (Å²) in [6, 6.07) is 13.5. The third-order valence-corrected chi connectivity index (χ3v) is 5.92. The minimum atomic E-state index is -1.17. The highest BCUT2D eigenvalue weighted by atomic mass is 19.2. The SMILES string of the molecule is CCOc1cccc(C2/C(=C(\O)c3ccc(OC(C)C)c(C)c3)C(=O)C(=O)N2c2ccc(F)c(F)c2)c1. The summed E-state index contributed by atoms with van der Waals surface area (Å²) < 4.78 is 39.2. The Morgan fingerprint density at radius 1 is 1.03 bits per heavy atom. The highest BCUT2D eigenvalue weighted by molar-refractivity contribution is 6.51. The number of aliphatic hydroxyl groups is 1. The van der Waals surface area contributed by atoms with Crippen LogP contribution < -0.4 is 14.4 Å². The number of hydrogen-bond donors (Lipinski definition) is 1. The van der Waals surface area contributed by atoms with Crippen molar-refractivity contribution in [2.24, 2.45) is 0 Å². The van der Waals surface area contributed by atoms with Gasteiger partial charge in [-0.25, -0.2) is 8.78 Å². The number of aryl methyl sites for hydroxylation is 1. The monoisotopic (exact) mass is 507 g/mol. The van der Waals surface area contributed by atoms with E-state index in [9.17, 15) is 23.5 Å². The molecular weight excluding hydrogens is 480 g/mol. The minimum Gasteiger partial charge on any atom is -0.507 e. The van der Waals surface area contributed by atoms with Gasteiger partial charge in [0, 0.05) is 17.3 Å². The number of Topliss-reactive ketones (excluding diaryl/α,β-unsaturated/α-hetero) is 1. The molecular formula is C29H27F2NO5. The molecule has 3 aromatic carbocycles. The van der Waals surface area contributed by atoms with Crippen molar-refractivity contribution in [2.75, 3.05) is 11.5 Å². The van der Waals surface area contributed by atoms with E-state index in [1.165, 1.54) is 6.07 Å². The number of carbonyl (C=O) groups is 2. The summed E-state index contributed by atoms with van der Waals surface area (Å²) in [5, 5.41) is 11.3. The lowest BCUT2D eigenvalue weighted by Gasteiger charge is -2.26. The van der Waals surface area contributed by atoms with Crippen LogP contribution in [-0.4, -0.2) is 29.5 Å². The van der Waals surface area contributed by atoms with Crippen LogP contribution in [0.2, 0.25) is 0 Å². The first kappa shape index (κ1) is 25.9. The second-order valence-corrected chi connectivity index (χ2v) is 8.92. The molecule has 0 bridgehead atoms. The number of aliphatic hydroxyl groups excluding tert-OH is 1. The maximum absolute atomic E-state index is 14.2. The molecule has 1 aliphatic heterocycles. The molecule has 1 saturated heterocycles. The van der Waals surface area contributed by atoms with Crippen LogP contribution in [0.4, 0.5) is 14.5 Å². The van der Waals surface area contributed by atoms with E-state index in [4.69, 9.17) is 9.47 Å². The van der Waals surface area contributed by atoms with Gasteiger partial charge < -0.3 is 14.6 Å². The van der Waals surface area contributed by atoms with Crippen molar-refractivity contribution in [3.63, 3.8) is 0 Å². The summed E-state index contributed by atoms with van der Waals surface area (Å²) in [4.78, 5) is 27.6. The number of anilines is 1. The van der Waals surface area contributed by atoms with Gasteiger partial charge in [0.05, 0.1) is 24.3 Å². The van der Waals surface area contributed by atoms with Crippen LogP contribution >= 0.6 is 0 Å². The Bertz CT molecular complexity index is 1400. The predicted octanol–water partition coefficient (Wildman–Crippen LogP) is 6.09. The summed E-state index contributed by atoms with van der Waals surface area (Å²) in [7, 11) is 0. The fourth-order valence-corrected chi connectivity index (χ4v) is 4.33. The molecule has 1 heterocycles. The standard InChI is InChI=1S/C29H27F2NO5/c1-5-36-21-8-6-7-18(14-21)26-25(27(33)19-9-12-24(17(4)13-19)37-16(2)3)28(34)29(35)32(26)20-10-11-22(30)23(31)15-20/h6-16,26,33H,5H2,1-4H3/b27-25+. The molecule has 0 radical (unpaired) electrons. The van der Waals surface area contributed by atoms with Crippen LogP contribution in [0.1, 0.15) is 43.5 Å². The number of hydrogen-bond acceptors (Lipinski definition) is 5. The van der Waals surface area contributed by atoms with Crippen LogP contribution in [0, 0.1) is 18.6 Å². The zero-order chi connectivity index (χ0) is 26.9. The van der Waals surface area contributed by atoms with E-state index >= 15 is 0 Å². The smallest absolute Gasteiger partial charge is 0.300 e. The molecule has 1 atom stereocenters. The Morgan fingerprint density at radius 2 is 1.78 bits per heavy atom. The Balaban J connectivity index is 1.91. The molecule has 0 aromatic heterocycles. The van der Waals surface area contributed by atoms with Gasteiger partial charge >= 0.3 is 0 Å². The third kappa shape index (κ3) is 5.05. The molecule has 0 spiro atoms. The fraction of sp³-hybridized carbons (Fsp3) is 0.241. The van der Waals surface area contributed by atoms with E-state index in [1.807, 2.05) is 20.8 Å². The number of ketones is 1. The third-order valence-electron chi connectivity index (χ3n) is 5.92. The molecule has 1 N–H and O–H groups in total. The number of amides is 1. The van der Waals surface area contributed by atoms with Crippen LogP contribution in [0.15, 0.2) is 66.2 Å². The second-order valence-electron chi connectivity index (χ2n) is 8.92. The maximum atomic E-state index is 14.2. The molecule has 1 fully saturated rings. The zero-order valence-electron chi connectivity index (χ0n) is 20.9. The van der Waals surface area contributed by atoms with E-state index < -0.39 is 35.1 Å². The first-order valence-electron chi connectivity index (χ1n) is 11.9. The van der Waals surface area contributed by atoms with E-state index in [2.05, 4.69) is 0 Å². The van der Waals surface area contributed by atoms with Gasteiger partial charge in [-0.1, -0.05) is 12.1 Å². The van der Waals surface area contributed by atoms with Crippen molar-refractivity contribution in [1.82, 2.24) is 0 Å².